The van der Waals surface area contributed by atoms with Crippen LogP contribution in [0.5, 0.6) is 11.6 Å². The Balaban J connectivity index is 1.51. The number of aryl methyl sites for hydroxylation is 2. The van der Waals surface area contributed by atoms with Gasteiger partial charge < -0.3 is 10.1 Å². The summed E-state index contributed by atoms with van der Waals surface area (Å²) in [4.78, 5) is 16.5. The fraction of sp³-hybridized carbons (Fsp3) is 0.286. The fourth-order valence-corrected chi connectivity index (χ4v) is 2.77. The van der Waals surface area contributed by atoms with Crippen molar-refractivity contribution in [1.29, 1.82) is 0 Å². The molecule has 0 spiro atoms. The van der Waals surface area contributed by atoms with E-state index in [1.54, 1.807) is 12.1 Å². The van der Waals surface area contributed by atoms with Crippen molar-refractivity contribution in [3.05, 3.63) is 71.7 Å². The molecule has 27 heavy (non-hydrogen) atoms. The van der Waals surface area contributed by atoms with Crippen LogP contribution < -0.4 is 10.1 Å². The molecule has 0 radical (unpaired) electrons. The Morgan fingerprint density at radius 2 is 1.96 bits per heavy atom. The van der Waals surface area contributed by atoms with Gasteiger partial charge in [-0.2, -0.15) is 5.10 Å². The van der Waals surface area contributed by atoms with E-state index in [1.807, 2.05) is 48.9 Å². The lowest BCUT2D eigenvalue weighted by Gasteiger charge is -2.14. The lowest BCUT2D eigenvalue weighted by atomic mass is 10.1. The Labute approximate surface area is 159 Å². The molecule has 0 aliphatic heterocycles. The summed E-state index contributed by atoms with van der Waals surface area (Å²) in [6.45, 7) is 7.44. The Hall–Kier alpha value is -3.15. The summed E-state index contributed by atoms with van der Waals surface area (Å²) >= 11 is 0. The van der Waals surface area contributed by atoms with Crippen LogP contribution in [0.3, 0.4) is 0 Å². The first-order valence-corrected chi connectivity index (χ1v) is 8.99. The highest BCUT2D eigenvalue weighted by atomic mass is 16.5. The summed E-state index contributed by atoms with van der Waals surface area (Å²) < 4.78 is 7.61. The Kier molecular flexibility index (Phi) is 5.86. The minimum absolute atomic E-state index is 0.144. The van der Waals surface area contributed by atoms with E-state index in [4.69, 9.17) is 4.74 Å². The second-order valence-electron chi connectivity index (χ2n) is 6.72. The van der Waals surface area contributed by atoms with E-state index in [2.05, 4.69) is 28.4 Å². The topological polar surface area (TPSA) is 69.0 Å². The van der Waals surface area contributed by atoms with Crippen molar-refractivity contribution < 1.29 is 9.53 Å². The first-order valence-electron chi connectivity index (χ1n) is 8.99. The number of ether oxygens (including phenoxy) is 1. The first kappa shape index (κ1) is 18.6. The minimum Gasteiger partial charge on any atom is -0.439 e. The Bertz CT molecular complexity index is 888. The average molecular weight is 364 g/mol. The number of carbonyl (C=O) groups is 1. The number of aromatic nitrogens is 3. The van der Waals surface area contributed by atoms with Crippen molar-refractivity contribution in [2.24, 2.45) is 5.92 Å². The standard InChI is InChI=1S/C21H24N4O2/c1-15(14-25-17(3)11-16(2)24-25)12-23-21(26)18-9-10-20(22-13-18)27-19-7-5-4-6-8-19/h4-11,13,15H,12,14H2,1-3H3,(H,23,26)/t15-/m1/s1. The quantitative estimate of drug-likeness (QED) is 0.693. The number of para-hydroxylation sites is 1. The van der Waals surface area contributed by atoms with E-state index in [9.17, 15) is 4.79 Å². The van der Waals surface area contributed by atoms with Gasteiger partial charge in [0.1, 0.15) is 5.75 Å². The molecule has 0 saturated heterocycles. The molecule has 0 aliphatic rings. The number of amides is 1. The normalized spacial score (nSPS) is 11.8. The summed E-state index contributed by atoms with van der Waals surface area (Å²) in [5, 5.41) is 7.41. The zero-order valence-electron chi connectivity index (χ0n) is 15.8. The molecule has 1 amide bonds. The van der Waals surface area contributed by atoms with Crippen molar-refractivity contribution >= 4 is 5.91 Å². The van der Waals surface area contributed by atoms with Crippen molar-refractivity contribution in [1.82, 2.24) is 20.1 Å². The summed E-state index contributed by atoms with van der Waals surface area (Å²) in [7, 11) is 0. The van der Waals surface area contributed by atoms with E-state index in [-0.39, 0.29) is 11.8 Å². The number of nitrogens with zero attached hydrogens (tertiary/aromatic N) is 3. The van der Waals surface area contributed by atoms with Crippen LogP contribution in [0.4, 0.5) is 0 Å². The number of hydrogen-bond acceptors (Lipinski definition) is 4. The molecule has 3 rings (SSSR count). The van der Waals surface area contributed by atoms with Gasteiger partial charge in [0.05, 0.1) is 11.3 Å². The molecule has 0 bridgehead atoms. The largest absolute Gasteiger partial charge is 0.439 e. The van der Waals surface area contributed by atoms with Crippen molar-refractivity contribution in [3.63, 3.8) is 0 Å². The van der Waals surface area contributed by atoms with Gasteiger partial charge in [-0.1, -0.05) is 25.1 Å². The van der Waals surface area contributed by atoms with Gasteiger partial charge >= 0.3 is 0 Å². The maximum absolute atomic E-state index is 12.3. The van der Waals surface area contributed by atoms with E-state index in [0.717, 1.165) is 17.9 Å². The van der Waals surface area contributed by atoms with E-state index < -0.39 is 0 Å². The maximum atomic E-state index is 12.3. The van der Waals surface area contributed by atoms with Gasteiger partial charge in [0.15, 0.2) is 0 Å². The molecule has 0 unspecified atom stereocenters. The van der Waals surface area contributed by atoms with Crippen molar-refractivity contribution in [2.45, 2.75) is 27.3 Å². The van der Waals surface area contributed by atoms with Crippen LogP contribution >= 0.6 is 0 Å². The van der Waals surface area contributed by atoms with Gasteiger partial charge in [-0.05, 0) is 44.0 Å². The van der Waals surface area contributed by atoms with Crippen molar-refractivity contribution in [2.75, 3.05) is 6.54 Å². The van der Waals surface area contributed by atoms with Crippen LogP contribution in [0.25, 0.3) is 0 Å². The number of rotatable bonds is 7. The second-order valence-corrected chi connectivity index (χ2v) is 6.72. The van der Waals surface area contributed by atoms with Crippen molar-refractivity contribution in [3.8, 4) is 11.6 Å². The highest BCUT2D eigenvalue weighted by Gasteiger charge is 2.11. The first-order chi connectivity index (χ1) is 13.0. The molecule has 0 saturated carbocycles. The lowest BCUT2D eigenvalue weighted by molar-refractivity contribution is 0.0946. The Morgan fingerprint density at radius 1 is 1.19 bits per heavy atom. The van der Waals surface area contributed by atoms with Gasteiger partial charge in [0.2, 0.25) is 5.88 Å². The molecule has 2 heterocycles. The zero-order chi connectivity index (χ0) is 19.2. The SMILES string of the molecule is Cc1cc(C)n(C[C@H](C)CNC(=O)c2ccc(Oc3ccccc3)nc2)n1. The molecular weight excluding hydrogens is 340 g/mol. The zero-order valence-corrected chi connectivity index (χ0v) is 15.8. The summed E-state index contributed by atoms with van der Waals surface area (Å²) in [6.07, 6.45) is 1.53. The number of hydrogen-bond donors (Lipinski definition) is 1. The van der Waals surface area contributed by atoms with Gasteiger partial charge in [-0.25, -0.2) is 4.98 Å². The second kappa shape index (κ2) is 8.49. The van der Waals surface area contributed by atoms with Gasteiger partial charge in [-0.15, -0.1) is 0 Å². The number of pyridine rings is 1. The van der Waals surface area contributed by atoms with E-state index >= 15 is 0 Å². The number of nitrogens with one attached hydrogen (secondary N) is 1. The molecule has 6 heteroatoms. The van der Waals surface area contributed by atoms with Crippen LogP contribution in [0, 0.1) is 19.8 Å². The third kappa shape index (κ3) is 5.17. The number of benzene rings is 1. The fourth-order valence-electron chi connectivity index (χ4n) is 2.77. The molecule has 0 aliphatic carbocycles. The molecule has 0 fully saturated rings. The van der Waals surface area contributed by atoms with Crippen LogP contribution in [0.1, 0.15) is 28.7 Å². The lowest BCUT2D eigenvalue weighted by Crippen LogP contribution is -2.30. The molecule has 1 aromatic carbocycles. The molecule has 3 aromatic rings. The molecule has 2 aromatic heterocycles. The molecule has 6 nitrogen and oxygen atoms in total. The van der Waals surface area contributed by atoms with Crippen LogP contribution in [-0.4, -0.2) is 27.2 Å². The van der Waals surface area contributed by atoms with Gasteiger partial charge in [-0.3, -0.25) is 9.48 Å². The highest BCUT2D eigenvalue weighted by Crippen LogP contribution is 2.18. The van der Waals surface area contributed by atoms with E-state index in [0.29, 0.717) is 23.7 Å². The Morgan fingerprint density at radius 3 is 2.59 bits per heavy atom. The monoisotopic (exact) mass is 364 g/mol. The van der Waals surface area contributed by atoms with Crippen LogP contribution in [-0.2, 0) is 6.54 Å². The van der Waals surface area contributed by atoms with Crippen LogP contribution in [0.15, 0.2) is 54.7 Å². The van der Waals surface area contributed by atoms with Gasteiger partial charge in [0, 0.05) is 31.0 Å². The van der Waals surface area contributed by atoms with Crippen LogP contribution in [0.2, 0.25) is 0 Å². The predicted octanol–water partition coefficient (Wildman–Crippen LogP) is 3.75. The highest BCUT2D eigenvalue weighted by molar-refractivity contribution is 5.93. The summed E-state index contributed by atoms with van der Waals surface area (Å²) in [5.74, 6) is 1.28. The average Bonchev–Trinajstić information content (AvgIpc) is 2.98. The summed E-state index contributed by atoms with van der Waals surface area (Å²) in [6, 6.07) is 14.9. The maximum Gasteiger partial charge on any atom is 0.252 e. The van der Waals surface area contributed by atoms with Gasteiger partial charge in [0.25, 0.3) is 5.91 Å². The smallest absolute Gasteiger partial charge is 0.252 e. The third-order valence-corrected chi connectivity index (χ3v) is 4.16. The number of carbonyl (C=O) groups excluding carboxylic acids is 1. The summed E-state index contributed by atoms with van der Waals surface area (Å²) in [5.41, 5.74) is 2.64. The molecule has 1 N–H and O–H groups in total. The molecule has 140 valence electrons. The molecular formula is C21H24N4O2. The third-order valence-electron chi connectivity index (χ3n) is 4.16. The minimum atomic E-state index is -0.144. The predicted molar refractivity (Wildman–Crippen MR) is 104 cm³/mol. The molecule has 1 atom stereocenters. The van der Waals surface area contributed by atoms with E-state index in [1.165, 1.54) is 6.20 Å².